The molecule has 0 fully saturated rings. The highest BCUT2D eigenvalue weighted by Crippen LogP contribution is 2.24. The van der Waals surface area contributed by atoms with Gasteiger partial charge in [0.05, 0.1) is 24.1 Å². The van der Waals surface area contributed by atoms with Crippen LogP contribution in [0.15, 0.2) is 12.3 Å². The molecule has 0 aliphatic rings. The lowest BCUT2D eigenvalue weighted by atomic mass is 9.85. The largest absolute Gasteiger partial charge is 0.631 e. The van der Waals surface area contributed by atoms with Crippen LogP contribution in [0.2, 0.25) is 0 Å². The summed E-state index contributed by atoms with van der Waals surface area (Å²) in [5.74, 6) is 0. The van der Waals surface area contributed by atoms with E-state index in [1.165, 1.54) is 0 Å². The predicted molar refractivity (Wildman–Crippen MR) is 64.7 cm³/mol. The summed E-state index contributed by atoms with van der Waals surface area (Å²) in [6.45, 7) is 7.27. The third-order valence-electron chi connectivity index (χ3n) is 2.19. The Kier molecular flexibility index (Phi) is 9.37. The van der Waals surface area contributed by atoms with Crippen LogP contribution >= 0.6 is 0 Å². The standard InChI is InChI=1S/C10H20O3.BH3O3/c1-5-13-8-6-7-10(4,12)9(2,3)11;2-1(3)4/h6,8,11-12H,5,7H2,1-4H3;2-4H/b8-6+;. The van der Waals surface area contributed by atoms with Crippen molar-refractivity contribution in [1.29, 1.82) is 0 Å². The van der Waals surface area contributed by atoms with Crippen molar-refractivity contribution in [2.75, 3.05) is 6.61 Å². The summed E-state index contributed by atoms with van der Waals surface area (Å²) in [5, 5.41) is 40.9. The summed E-state index contributed by atoms with van der Waals surface area (Å²) in [6.07, 6.45) is 3.62. The van der Waals surface area contributed by atoms with Crippen LogP contribution in [0.1, 0.15) is 34.1 Å². The fourth-order valence-corrected chi connectivity index (χ4v) is 0.692. The van der Waals surface area contributed by atoms with Gasteiger partial charge in [-0.1, -0.05) is 0 Å². The molecule has 0 aromatic carbocycles. The van der Waals surface area contributed by atoms with Crippen molar-refractivity contribution >= 4 is 7.32 Å². The highest BCUT2D eigenvalue weighted by molar-refractivity contribution is 6.30. The minimum atomic E-state index is -2.17. The Bertz CT molecular complexity index is 207. The lowest BCUT2D eigenvalue weighted by Gasteiger charge is -2.34. The number of hydrogen-bond acceptors (Lipinski definition) is 6. The number of rotatable bonds is 5. The van der Waals surface area contributed by atoms with Crippen molar-refractivity contribution in [3.05, 3.63) is 12.3 Å². The molecule has 0 saturated carbocycles. The lowest BCUT2D eigenvalue weighted by molar-refractivity contribution is -0.117. The molecule has 0 aromatic heterocycles. The van der Waals surface area contributed by atoms with E-state index >= 15 is 0 Å². The van der Waals surface area contributed by atoms with Gasteiger partial charge in [0.15, 0.2) is 0 Å². The van der Waals surface area contributed by atoms with Gasteiger partial charge in [0.25, 0.3) is 0 Å². The van der Waals surface area contributed by atoms with E-state index in [9.17, 15) is 10.2 Å². The third kappa shape index (κ3) is 11.7. The molecule has 0 rings (SSSR count). The molecule has 0 heterocycles. The SMILES string of the molecule is CCO/C=C/CC(C)(O)C(C)(C)O.OB(O)O. The molecule has 5 N–H and O–H groups in total. The highest BCUT2D eigenvalue weighted by Gasteiger charge is 2.36. The van der Waals surface area contributed by atoms with Gasteiger partial charge in [-0.25, -0.2) is 0 Å². The molecule has 0 saturated heterocycles. The van der Waals surface area contributed by atoms with Crippen molar-refractivity contribution < 1.29 is 30.0 Å². The molecule has 0 bridgehead atoms. The van der Waals surface area contributed by atoms with Crippen molar-refractivity contribution in [3.63, 3.8) is 0 Å². The maximum Gasteiger partial charge on any atom is 0.631 e. The molecule has 102 valence electrons. The molecule has 0 amide bonds. The van der Waals surface area contributed by atoms with Crippen LogP contribution in [0.25, 0.3) is 0 Å². The van der Waals surface area contributed by atoms with E-state index in [1.807, 2.05) is 6.92 Å². The van der Waals surface area contributed by atoms with Crippen LogP contribution in [0.4, 0.5) is 0 Å². The summed E-state index contributed by atoms with van der Waals surface area (Å²) >= 11 is 0. The van der Waals surface area contributed by atoms with Gasteiger partial charge in [-0.3, -0.25) is 0 Å². The second kappa shape index (κ2) is 8.49. The molecule has 0 radical (unpaired) electrons. The van der Waals surface area contributed by atoms with Gasteiger partial charge in [-0.2, -0.15) is 0 Å². The Morgan fingerprint density at radius 3 is 1.82 bits per heavy atom. The Balaban J connectivity index is 0. The smallest absolute Gasteiger partial charge is 0.502 e. The van der Waals surface area contributed by atoms with Crippen molar-refractivity contribution in [1.82, 2.24) is 0 Å². The van der Waals surface area contributed by atoms with E-state index in [4.69, 9.17) is 19.8 Å². The van der Waals surface area contributed by atoms with Gasteiger partial charge in [0.2, 0.25) is 0 Å². The lowest BCUT2D eigenvalue weighted by Crippen LogP contribution is -2.47. The van der Waals surface area contributed by atoms with Gasteiger partial charge in [0.1, 0.15) is 0 Å². The van der Waals surface area contributed by atoms with E-state index in [0.29, 0.717) is 13.0 Å². The Hall–Kier alpha value is -0.595. The first kappa shape index (κ1) is 18.8. The zero-order valence-corrected chi connectivity index (χ0v) is 10.8. The molecule has 0 aliphatic carbocycles. The van der Waals surface area contributed by atoms with Crippen LogP contribution in [0.5, 0.6) is 0 Å². The summed E-state index contributed by atoms with van der Waals surface area (Å²) in [5.41, 5.74) is -2.23. The second-order valence-corrected chi connectivity index (χ2v) is 4.21. The van der Waals surface area contributed by atoms with Gasteiger partial charge < -0.3 is 30.0 Å². The Morgan fingerprint density at radius 1 is 1.12 bits per heavy atom. The van der Waals surface area contributed by atoms with Crippen LogP contribution in [0.3, 0.4) is 0 Å². The number of ether oxygens (including phenoxy) is 1. The van der Waals surface area contributed by atoms with Gasteiger partial charge in [-0.15, -0.1) is 0 Å². The maximum absolute atomic E-state index is 9.79. The van der Waals surface area contributed by atoms with E-state index in [-0.39, 0.29) is 0 Å². The maximum atomic E-state index is 9.79. The topological polar surface area (TPSA) is 110 Å². The molecule has 7 heteroatoms. The van der Waals surface area contributed by atoms with Gasteiger partial charge in [-0.05, 0) is 40.2 Å². The fraction of sp³-hybridized carbons (Fsp3) is 0.800. The van der Waals surface area contributed by atoms with Crippen molar-refractivity contribution in [2.24, 2.45) is 0 Å². The number of aliphatic hydroxyl groups is 2. The first-order chi connectivity index (χ1) is 7.54. The molecule has 0 aromatic rings. The van der Waals surface area contributed by atoms with Crippen LogP contribution in [-0.2, 0) is 4.74 Å². The zero-order chi connectivity index (χ0) is 14.1. The molecular formula is C10H23BO6. The molecule has 1 unspecified atom stereocenters. The number of hydrogen-bond donors (Lipinski definition) is 5. The van der Waals surface area contributed by atoms with E-state index in [0.717, 1.165) is 0 Å². The van der Waals surface area contributed by atoms with Crippen LogP contribution in [-0.4, -0.2) is 50.4 Å². The summed E-state index contributed by atoms with van der Waals surface area (Å²) in [4.78, 5) is 0. The van der Waals surface area contributed by atoms with E-state index in [1.54, 1.807) is 33.1 Å². The monoisotopic (exact) mass is 250 g/mol. The summed E-state index contributed by atoms with van der Waals surface area (Å²) in [7, 11) is -2.17. The molecule has 6 nitrogen and oxygen atoms in total. The first-order valence-electron chi connectivity index (χ1n) is 5.30. The molecule has 0 aliphatic heterocycles. The van der Waals surface area contributed by atoms with Gasteiger partial charge in [0, 0.05) is 0 Å². The van der Waals surface area contributed by atoms with Crippen molar-refractivity contribution in [2.45, 2.75) is 45.3 Å². The first-order valence-corrected chi connectivity index (χ1v) is 5.30. The van der Waals surface area contributed by atoms with E-state index < -0.39 is 18.5 Å². The average molecular weight is 250 g/mol. The highest BCUT2D eigenvalue weighted by atomic mass is 16.5. The molecule has 1 atom stereocenters. The Morgan fingerprint density at radius 2 is 1.53 bits per heavy atom. The van der Waals surface area contributed by atoms with Crippen LogP contribution in [0, 0.1) is 0 Å². The summed E-state index contributed by atoms with van der Waals surface area (Å²) < 4.78 is 4.97. The third-order valence-corrected chi connectivity index (χ3v) is 2.19. The minimum Gasteiger partial charge on any atom is -0.502 e. The molecule has 17 heavy (non-hydrogen) atoms. The zero-order valence-electron chi connectivity index (χ0n) is 10.8. The normalized spacial score (nSPS) is 14.9. The molecule has 0 spiro atoms. The van der Waals surface area contributed by atoms with E-state index in [2.05, 4.69) is 0 Å². The van der Waals surface area contributed by atoms with Crippen molar-refractivity contribution in [3.8, 4) is 0 Å². The fourth-order valence-electron chi connectivity index (χ4n) is 0.692. The second-order valence-electron chi connectivity index (χ2n) is 4.21. The minimum absolute atomic E-state index is 0.372. The average Bonchev–Trinajstić information content (AvgIpc) is 2.09. The van der Waals surface area contributed by atoms with Crippen LogP contribution < -0.4 is 0 Å². The molecular weight excluding hydrogens is 227 g/mol. The van der Waals surface area contributed by atoms with Gasteiger partial charge >= 0.3 is 7.32 Å². The Labute approximate surface area is 102 Å². The quantitative estimate of drug-likeness (QED) is 0.329. The summed E-state index contributed by atoms with van der Waals surface area (Å²) in [6, 6.07) is 0. The predicted octanol–water partition coefficient (Wildman–Crippen LogP) is -0.603.